The fourth-order valence-corrected chi connectivity index (χ4v) is 3.34. The van der Waals surface area contributed by atoms with Crippen molar-refractivity contribution in [2.45, 2.75) is 40.5 Å². The van der Waals surface area contributed by atoms with E-state index in [1.807, 2.05) is 32.3 Å². The number of aromatic nitrogens is 4. The molecule has 0 aliphatic heterocycles. The highest BCUT2D eigenvalue weighted by molar-refractivity contribution is 6.30. The molecule has 0 saturated heterocycles. The molecule has 1 N–H and O–H groups in total. The maximum atomic E-state index is 6.10. The summed E-state index contributed by atoms with van der Waals surface area (Å²) in [6, 6.07) is 6.19. The molecule has 0 fully saturated rings. The maximum absolute atomic E-state index is 6.10. The van der Waals surface area contributed by atoms with Gasteiger partial charge in [0.1, 0.15) is 11.5 Å². The molecule has 0 radical (unpaired) electrons. The Morgan fingerprint density at radius 1 is 1.00 bits per heavy atom. The largest absolute Gasteiger partial charge is 0.352 e. The van der Waals surface area contributed by atoms with Gasteiger partial charge in [0.25, 0.3) is 0 Å². The number of nitrogens with zero attached hydrogens (tertiary/aromatic N) is 3. The molecule has 0 saturated carbocycles. The molecule has 4 rings (SSSR count). The first-order chi connectivity index (χ1) is 12.7. The fraction of sp³-hybridized carbons (Fsp3) is 0.286. The highest BCUT2D eigenvalue weighted by Gasteiger charge is 2.14. The van der Waals surface area contributed by atoms with Crippen LogP contribution in [0.25, 0.3) is 32.9 Å². The Morgan fingerprint density at radius 2 is 1.77 bits per heavy atom. The molecule has 3 heterocycles. The van der Waals surface area contributed by atoms with Crippen molar-refractivity contribution in [3.63, 3.8) is 0 Å². The molecule has 0 spiro atoms. The van der Waals surface area contributed by atoms with Crippen LogP contribution in [0.15, 0.2) is 36.9 Å². The van der Waals surface area contributed by atoms with Crippen LogP contribution in [0.1, 0.15) is 38.4 Å². The first kappa shape index (κ1) is 18.3. The van der Waals surface area contributed by atoms with Gasteiger partial charge in [0.15, 0.2) is 0 Å². The van der Waals surface area contributed by atoms with Gasteiger partial charge in [-0.15, -0.1) is 0 Å². The molecule has 0 aliphatic carbocycles. The second-order valence-corrected chi connectivity index (χ2v) is 6.43. The number of fused-ring (bicyclic) bond motifs is 3. The van der Waals surface area contributed by atoms with Crippen LogP contribution in [0, 0.1) is 6.92 Å². The molecular weight excluding hydrogens is 344 g/mol. The molecule has 0 amide bonds. The van der Waals surface area contributed by atoms with Gasteiger partial charge < -0.3 is 4.98 Å². The number of halogens is 1. The number of pyridine rings is 2. The molecule has 0 atom stereocenters. The minimum Gasteiger partial charge on any atom is -0.352 e. The highest BCUT2D eigenvalue weighted by Crippen LogP contribution is 2.34. The normalized spacial score (nSPS) is 10.8. The zero-order valence-corrected chi connectivity index (χ0v) is 16.4. The van der Waals surface area contributed by atoms with E-state index in [4.69, 9.17) is 11.6 Å². The Bertz CT molecular complexity index is 1050. The molecule has 4 aromatic rings. The molecule has 5 heteroatoms. The van der Waals surface area contributed by atoms with Gasteiger partial charge >= 0.3 is 0 Å². The van der Waals surface area contributed by atoms with Crippen molar-refractivity contribution in [1.29, 1.82) is 0 Å². The second-order valence-electron chi connectivity index (χ2n) is 6.02. The molecule has 1 aromatic carbocycles. The van der Waals surface area contributed by atoms with E-state index in [1.165, 1.54) is 5.56 Å². The van der Waals surface area contributed by atoms with Crippen LogP contribution in [0.4, 0.5) is 0 Å². The van der Waals surface area contributed by atoms with Crippen LogP contribution in [0.3, 0.4) is 0 Å². The van der Waals surface area contributed by atoms with Gasteiger partial charge in [-0.1, -0.05) is 38.8 Å². The average Bonchev–Trinajstić information content (AvgIpc) is 3.14. The summed E-state index contributed by atoms with van der Waals surface area (Å²) in [6.45, 7) is 8.29. The molecule has 134 valence electrons. The number of imidazole rings is 1. The Labute approximate surface area is 158 Å². The Morgan fingerprint density at radius 3 is 2.50 bits per heavy atom. The van der Waals surface area contributed by atoms with Gasteiger partial charge in [-0.2, -0.15) is 0 Å². The third-order valence-electron chi connectivity index (χ3n) is 4.32. The maximum Gasteiger partial charge on any atom is 0.116 e. The lowest BCUT2D eigenvalue weighted by Crippen LogP contribution is -1.94. The number of aryl methyl sites for hydroxylation is 2. The van der Waals surface area contributed by atoms with Crippen LogP contribution in [-0.4, -0.2) is 19.9 Å². The van der Waals surface area contributed by atoms with Crippen molar-refractivity contribution in [3.8, 4) is 11.1 Å². The van der Waals surface area contributed by atoms with Crippen LogP contribution in [-0.2, 0) is 6.42 Å². The number of H-pyrrole nitrogens is 1. The zero-order chi connectivity index (χ0) is 18.7. The first-order valence-corrected chi connectivity index (χ1v) is 9.42. The first-order valence-electron chi connectivity index (χ1n) is 9.04. The van der Waals surface area contributed by atoms with E-state index < -0.39 is 0 Å². The average molecular weight is 367 g/mol. The zero-order valence-electron chi connectivity index (χ0n) is 15.6. The summed E-state index contributed by atoms with van der Waals surface area (Å²) in [5.41, 5.74) is 6.24. The van der Waals surface area contributed by atoms with E-state index in [1.54, 1.807) is 6.33 Å². The molecule has 26 heavy (non-hydrogen) atoms. The fourth-order valence-electron chi connectivity index (χ4n) is 3.18. The molecule has 3 aromatic heterocycles. The highest BCUT2D eigenvalue weighted by atomic mass is 35.5. The summed E-state index contributed by atoms with van der Waals surface area (Å²) in [7, 11) is 0. The van der Waals surface area contributed by atoms with Crippen LogP contribution >= 0.6 is 11.6 Å². The molecule has 4 nitrogen and oxygen atoms in total. The van der Waals surface area contributed by atoms with Crippen molar-refractivity contribution in [2.24, 2.45) is 0 Å². The van der Waals surface area contributed by atoms with Crippen molar-refractivity contribution in [2.75, 3.05) is 0 Å². The lowest BCUT2D eigenvalue weighted by Gasteiger charge is -2.10. The van der Waals surface area contributed by atoms with Crippen molar-refractivity contribution < 1.29 is 0 Å². The Hall–Kier alpha value is -2.46. The summed E-state index contributed by atoms with van der Waals surface area (Å²) < 4.78 is 0. The SMILES string of the molecule is CC.CCCc1cc(C)c(-c2cc3c[nH]c(Cl)cc3c3ncnc23)cn1. The minimum absolute atomic E-state index is 0.585. The van der Waals surface area contributed by atoms with E-state index in [0.717, 1.165) is 51.5 Å². The number of nitrogens with one attached hydrogen (secondary N) is 1. The van der Waals surface area contributed by atoms with Gasteiger partial charge in [-0.3, -0.25) is 4.98 Å². The quantitative estimate of drug-likeness (QED) is 0.445. The topological polar surface area (TPSA) is 54.5 Å². The Balaban J connectivity index is 0.000000948. The molecular formula is C21H23ClN4. The Kier molecular flexibility index (Phi) is 5.52. The number of hydrogen-bond donors (Lipinski definition) is 1. The summed E-state index contributed by atoms with van der Waals surface area (Å²) in [6.07, 6.45) is 7.56. The number of rotatable bonds is 3. The predicted octanol–water partition coefficient (Wildman–Crippen LogP) is 6.11. The standard InChI is InChI=1S/C19H17ClN4.C2H6/c1-3-4-13-5-11(2)16(9-21-13)15-6-12-8-22-17(20)7-14(12)18-19(15)24-10-23-18;1-2/h5-10,22H,3-4H2,1-2H3;1-2H3. The van der Waals surface area contributed by atoms with Gasteiger partial charge in [-0.25, -0.2) is 9.97 Å². The van der Waals surface area contributed by atoms with Crippen LogP contribution in [0.2, 0.25) is 5.15 Å². The lowest BCUT2D eigenvalue weighted by molar-refractivity contribution is 0.881. The molecule has 0 bridgehead atoms. The molecule has 0 aliphatic rings. The van der Waals surface area contributed by atoms with E-state index in [9.17, 15) is 0 Å². The lowest BCUT2D eigenvalue weighted by atomic mass is 9.97. The van der Waals surface area contributed by atoms with E-state index in [-0.39, 0.29) is 0 Å². The third kappa shape index (κ3) is 3.29. The monoisotopic (exact) mass is 366 g/mol. The van der Waals surface area contributed by atoms with Crippen molar-refractivity contribution >= 4 is 33.4 Å². The van der Waals surface area contributed by atoms with E-state index >= 15 is 0 Å². The van der Waals surface area contributed by atoms with Gasteiger partial charge in [0, 0.05) is 40.0 Å². The van der Waals surface area contributed by atoms with Gasteiger partial charge in [0.2, 0.25) is 0 Å². The van der Waals surface area contributed by atoms with Crippen LogP contribution in [0.5, 0.6) is 0 Å². The number of aromatic amines is 1. The second kappa shape index (κ2) is 7.83. The third-order valence-corrected chi connectivity index (χ3v) is 4.54. The number of hydrogen-bond acceptors (Lipinski definition) is 3. The summed E-state index contributed by atoms with van der Waals surface area (Å²) >= 11 is 6.10. The van der Waals surface area contributed by atoms with E-state index in [2.05, 4.69) is 45.9 Å². The van der Waals surface area contributed by atoms with Crippen molar-refractivity contribution in [1.82, 2.24) is 19.9 Å². The summed E-state index contributed by atoms with van der Waals surface area (Å²) in [5.74, 6) is 0. The smallest absolute Gasteiger partial charge is 0.116 e. The number of benzene rings is 1. The van der Waals surface area contributed by atoms with Gasteiger partial charge in [-0.05, 0) is 37.1 Å². The van der Waals surface area contributed by atoms with E-state index in [0.29, 0.717) is 5.15 Å². The summed E-state index contributed by atoms with van der Waals surface area (Å²) in [4.78, 5) is 16.6. The summed E-state index contributed by atoms with van der Waals surface area (Å²) in [5, 5.41) is 2.64. The van der Waals surface area contributed by atoms with Gasteiger partial charge in [0.05, 0.1) is 11.0 Å². The minimum atomic E-state index is 0.585. The van der Waals surface area contributed by atoms with Crippen molar-refractivity contribution in [3.05, 3.63) is 53.3 Å². The van der Waals surface area contributed by atoms with Crippen LogP contribution < -0.4 is 0 Å². The molecule has 0 unspecified atom stereocenters. The predicted molar refractivity (Wildman–Crippen MR) is 110 cm³/mol.